The summed E-state index contributed by atoms with van der Waals surface area (Å²) in [7, 11) is -3.31. The van der Waals surface area contributed by atoms with Gasteiger partial charge in [0.2, 0.25) is 0 Å². The van der Waals surface area contributed by atoms with Gasteiger partial charge in [-0.15, -0.1) is 0 Å². The SMILES string of the molecule is CCOC(c1ccc(C)cc1)P(=O)(OCC)OCC. The highest BCUT2D eigenvalue weighted by Gasteiger charge is 2.37. The number of aryl methyl sites for hydroxylation is 1. The van der Waals surface area contributed by atoms with E-state index in [4.69, 9.17) is 13.8 Å². The van der Waals surface area contributed by atoms with Gasteiger partial charge in [-0.25, -0.2) is 0 Å². The minimum Gasteiger partial charge on any atom is -0.361 e. The number of hydrogen-bond acceptors (Lipinski definition) is 4. The molecule has 0 aliphatic rings. The van der Waals surface area contributed by atoms with Crippen molar-refractivity contribution in [1.82, 2.24) is 0 Å². The van der Waals surface area contributed by atoms with Crippen molar-refractivity contribution < 1.29 is 18.3 Å². The molecule has 19 heavy (non-hydrogen) atoms. The van der Waals surface area contributed by atoms with Gasteiger partial charge in [0.1, 0.15) is 0 Å². The van der Waals surface area contributed by atoms with Crippen molar-refractivity contribution in [2.75, 3.05) is 19.8 Å². The lowest BCUT2D eigenvalue weighted by Gasteiger charge is -2.26. The standard InChI is InChI=1S/C14H23O4P/c1-5-16-14(13-10-8-12(4)9-11-13)19(15,17-6-2)18-7-3/h8-11,14H,5-7H2,1-4H3. The van der Waals surface area contributed by atoms with Gasteiger partial charge in [-0.05, 0) is 33.3 Å². The van der Waals surface area contributed by atoms with Gasteiger partial charge < -0.3 is 13.8 Å². The van der Waals surface area contributed by atoms with E-state index in [9.17, 15) is 4.57 Å². The molecule has 0 bridgehead atoms. The first-order chi connectivity index (χ1) is 9.07. The maximum atomic E-state index is 12.8. The van der Waals surface area contributed by atoms with E-state index >= 15 is 0 Å². The average molecular weight is 286 g/mol. The van der Waals surface area contributed by atoms with Crippen LogP contribution < -0.4 is 0 Å². The zero-order valence-corrected chi connectivity index (χ0v) is 13.0. The molecule has 0 amide bonds. The van der Waals surface area contributed by atoms with E-state index in [2.05, 4.69) is 0 Å². The lowest BCUT2D eigenvalue weighted by atomic mass is 10.2. The van der Waals surface area contributed by atoms with Crippen molar-refractivity contribution in [3.63, 3.8) is 0 Å². The molecule has 0 saturated heterocycles. The zero-order valence-electron chi connectivity index (χ0n) is 12.1. The fourth-order valence-corrected chi connectivity index (χ4v) is 3.73. The Morgan fingerprint density at radius 2 is 1.53 bits per heavy atom. The van der Waals surface area contributed by atoms with Crippen molar-refractivity contribution in [3.05, 3.63) is 35.4 Å². The van der Waals surface area contributed by atoms with Crippen LogP contribution in [0.2, 0.25) is 0 Å². The molecule has 1 aromatic rings. The van der Waals surface area contributed by atoms with Gasteiger partial charge in [-0.3, -0.25) is 4.57 Å². The lowest BCUT2D eigenvalue weighted by molar-refractivity contribution is 0.0782. The van der Waals surface area contributed by atoms with Crippen LogP contribution in [0.1, 0.15) is 37.7 Å². The monoisotopic (exact) mass is 286 g/mol. The first kappa shape index (κ1) is 16.4. The second-order valence-electron chi connectivity index (χ2n) is 4.09. The number of ether oxygens (including phenoxy) is 1. The number of hydrogen-bond donors (Lipinski definition) is 0. The van der Waals surface area contributed by atoms with Gasteiger partial charge in [0, 0.05) is 6.61 Å². The summed E-state index contributed by atoms with van der Waals surface area (Å²) in [4.78, 5) is 0. The fraction of sp³-hybridized carbons (Fsp3) is 0.571. The Hall–Kier alpha value is -0.670. The van der Waals surface area contributed by atoms with Gasteiger partial charge >= 0.3 is 7.60 Å². The molecule has 0 fully saturated rings. The van der Waals surface area contributed by atoms with E-state index in [1.165, 1.54) is 0 Å². The summed E-state index contributed by atoms with van der Waals surface area (Å²) >= 11 is 0. The van der Waals surface area contributed by atoms with E-state index in [0.29, 0.717) is 19.8 Å². The molecular weight excluding hydrogens is 263 g/mol. The molecule has 0 spiro atoms. The molecule has 1 aromatic carbocycles. The van der Waals surface area contributed by atoms with E-state index < -0.39 is 13.4 Å². The Morgan fingerprint density at radius 1 is 1.00 bits per heavy atom. The summed E-state index contributed by atoms with van der Waals surface area (Å²) in [5, 5.41) is 0. The fourth-order valence-electron chi connectivity index (χ4n) is 1.79. The molecule has 0 heterocycles. The highest BCUT2D eigenvalue weighted by atomic mass is 31.2. The average Bonchev–Trinajstić information content (AvgIpc) is 2.38. The highest BCUT2D eigenvalue weighted by Crippen LogP contribution is 2.61. The summed E-state index contributed by atoms with van der Waals surface area (Å²) in [6.07, 6.45) is 0. The van der Waals surface area contributed by atoms with Crippen molar-refractivity contribution in [1.29, 1.82) is 0 Å². The molecule has 1 rings (SSSR count). The molecule has 1 unspecified atom stereocenters. The van der Waals surface area contributed by atoms with Gasteiger partial charge in [0.05, 0.1) is 13.2 Å². The topological polar surface area (TPSA) is 44.8 Å². The molecule has 0 N–H and O–H groups in total. The van der Waals surface area contributed by atoms with Crippen LogP contribution in [0.4, 0.5) is 0 Å². The maximum absolute atomic E-state index is 12.8. The maximum Gasteiger partial charge on any atom is 0.363 e. The van der Waals surface area contributed by atoms with Crippen LogP contribution in [-0.4, -0.2) is 19.8 Å². The number of benzene rings is 1. The Balaban J connectivity index is 3.09. The molecule has 0 aliphatic carbocycles. The summed E-state index contributed by atoms with van der Waals surface area (Å²) in [6, 6.07) is 7.73. The Bertz CT molecular complexity index is 406. The van der Waals surface area contributed by atoms with Crippen LogP contribution >= 0.6 is 7.60 Å². The predicted octanol–water partition coefficient (Wildman–Crippen LogP) is 4.30. The van der Waals surface area contributed by atoms with Crippen molar-refractivity contribution in [2.45, 2.75) is 33.5 Å². The Labute approximate surface area is 115 Å². The van der Waals surface area contributed by atoms with Crippen molar-refractivity contribution in [3.8, 4) is 0 Å². The second kappa shape index (κ2) is 7.81. The largest absolute Gasteiger partial charge is 0.363 e. The third kappa shape index (κ3) is 4.43. The van der Waals surface area contributed by atoms with Crippen LogP contribution in [0.3, 0.4) is 0 Å². The van der Waals surface area contributed by atoms with Crippen LogP contribution in [0.5, 0.6) is 0 Å². The third-order valence-electron chi connectivity index (χ3n) is 2.59. The normalized spacial score (nSPS) is 13.5. The van der Waals surface area contributed by atoms with E-state index in [-0.39, 0.29) is 0 Å². The summed E-state index contributed by atoms with van der Waals surface area (Å²) in [5.41, 5.74) is 1.96. The summed E-state index contributed by atoms with van der Waals surface area (Å²) in [5.74, 6) is -0.669. The first-order valence-electron chi connectivity index (χ1n) is 6.64. The van der Waals surface area contributed by atoms with Gasteiger partial charge in [0.25, 0.3) is 0 Å². The van der Waals surface area contributed by atoms with Crippen molar-refractivity contribution in [2.24, 2.45) is 0 Å². The molecule has 5 heteroatoms. The van der Waals surface area contributed by atoms with Gasteiger partial charge in [-0.2, -0.15) is 0 Å². The first-order valence-corrected chi connectivity index (χ1v) is 8.25. The molecule has 0 aromatic heterocycles. The quantitative estimate of drug-likeness (QED) is 0.668. The number of rotatable bonds is 8. The molecule has 0 radical (unpaired) electrons. The molecular formula is C14H23O4P. The molecule has 0 saturated carbocycles. The lowest BCUT2D eigenvalue weighted by Crippen LogP contribution is -2.10. The van der Waals surface area contributed by atoms with Crippen LogP contribution in [0.25, 0.3) is 0 Å². The van der Waals surface area contributed by atoms with Crippen molar-refractivity contribution >= 4 is 7.60 Å². The second-order valence-corrected chi connectivity index (χ2v) is 6.16. The van der Waals surface area contributed by atoms with Crippen LogP contribution in [0, 0.1) is 6.92 Å². The van der Waals surface area contributed by atoms with E-state index in [1.54, 1.807) is 13.8 Å². The van der Waals surface area contributed by atoms with Gasteiger partial charge in [-0.1, -0.05) is 29.8 Å². The van der Waals surface area contributed by atoms with Gasteiger partial charge in [0.15, 0.2) is 5.85 Å². The zero-order chi connectivity index (χ0) is 14.3. The van der Waals surface area contributed by atoms with Crippen LogP contribution in [-0.2, 0) is 18.3 Å². The minimum atomic E-state index is -3.31. The Kier molecular flexibility index (Phi) is 6.73. The smallest absolute Gasteiger partial charge is 0.361 e. The predicted molar refractivity (Wildman–Crippen MR) is 76.4 cm³/mol. The van der Waals surface area contributed by atoms with E-state index in [0.717, 1.165) is 11.1 Å². The van der Waals surface area contributed by atoms with E-state index in [1.807, 2.05) is 38.1 Å². The highest BCUT2D eigenvalue weighted by molar-refractivity contribution is 7.54. The van der Waals surface area contributed by atoms with Crippen LogP contribution in [0.15, 0.2) is 24.3 Å². The third-order valence-corrected chi connectivity index (χ3v) is 4.85. The molecule has 0 aliphatic heterocycles. The summed E-state index contributed by atoms with van der Waals surface area (Å²) < 4.78 is 29.2. The molecule has 4 nitrogen and oxygen atoms in total. The minimum absolute atomic E-state index is 0.326. The molecule has 1 atom stereocenters. The molecule has 108 valence electrons. The summed E-state index contributed by atoms with van der Waals surface area (Å²) in [6.45, 7) is 8.56. The Morgan fingerprint density at radius 3 is 1.95 bits per heavy atom.